The zero-order valence-electron chi connectivity index (χ0n) is 12.9. The molecule has 2 aromatic rings. The molecule has 3 saturated carbocycles. The van der Waals surface area contributed by atoms with E-state index in [1.165, 1.54) is 43.0 Å². The van der Waals surface area contributed by atoms with Crippen LogP contribution in [0.2, 0.25) is 0 Å². The minimum Gasteiger partial charge on any atom is -0.319 e. The number of hydrogen-bond acceptors (Lipinski definition) is 1. The summed E-state index contributed by atoms with van der Waals surface area (Å²) in [5.74, 6) is 3.46. The first-order chi connectivity index (χ1) is 10.4. The summed E-state index contributed by atoms with van der Waals surface area (Å²) < 4.78 is 0. The lowest BCUT2D eigenvalue weighted by Crippen LogP contribution is -2.42. The second-order valence-electron chi connectivity index (χ2n) is 7.03. The van der Waals surface area contributed by atoms with E-state index in [0.717, 1.165) is 23.7 Å². The number of rotatable bonds is 3. The fraction of sp³-hybridized carbons (Fsp3) is 0.500. The third kappa shape index (κ3) is 2.28. The lowest BCUT2D eigenvalue weighted by atomic mass is 9.57. The maximum absolute atomic E-state index is 3.46. The van der Waals surface area contributed by atoms with Gasteiger partial charge in [0.2, 0.25) is 0 Å². The molecule has 2 atom stereocenters. The smallest absolute Gasteiger partial charge is 0.00149 e. The van der Waals surface area contributed by atoms with Crippen LogP contribution in [0.5, 0.6) is 0 Å². The van der Waals surface area contributed by atoms with Crippen molar-refractivity contribution in [1.29, 1.82) is 0 Å². The molecule has 110 valence electrons. The molecule has 3 aliphatic rings. The molecular weight excluding hydrogens is 254 g/mol. The molecule has 0 unspecified atom stereocenters. The highest BCUT2D eigenvalue weighted by Gasteiger charge is 2.43. The van der Waals surface area contributed by atoms with Gasteiger partial charge in [0.1, 0.15) is 0 Å². The predicted molar refractivity (Wildman–Crippen MR) is 89.6 cm³/mol. The first-order valence-electron chi connectivity index (χ1n) is 8.50. The molecule has 0 aliphatic heterocycles. The molecule has 21 heavy (non-hydrogen) atoms. The van der Waals surface area contributed by atoms with E-state index in [9.17, 15) is 0 Å². The second kappa shape index (κ2) is 5.46. The second-order valence-corrected chi connectivity index (χ2v) is 7.03. The van der Waals surface area contributed by atoms with Gasteiger partial charge in [-0.1, -0.05) is 42.5 Å². The minimum atomic E-state index is 0.773. The van der Waals surface area contributed by atoms with Crippen LogP contribution in [0.4, 0.5) is 0 Å². The van der Waals surface area contributed by atoms with Gasteiger partial charge in [0.25, 0.3) is 0 Å². The van der Waals surface area contributed by atoms with E-state index in [-0.39, 0.29) is 0 Å². The molecule has 0 saturated heterocycles. The Morgan fingerprint density at radius 3 is 2.38 bits per heavy atom. The number of nitrogens with one attached hydrogen (secondary N) is 1. The minimum absolute atomic E-state index is 0.773. The summed E-state index contributed by atoms with van der Waals surface area (Å²) >= 11 is 0. The van der Waals surface area contributed by atoms with Crippen molar-refractivity contribution in [2.24, 2.45) is 17.8 Å². The topological polar surface area (TPSA) is 12.0 Å². The van der Waals surface area contributed by atoms with E-state index in [0.29, 0.717) is 0 Å². The van der Waals surface area contributed by atoms with Crippen molar-refractivity contribution >= 4 is 10.8 Å². The van der Waals surface area contributed by atoms with Gasteiger partial charge < -0.3 is 5.32 Å². The number of benzene rings is 2. The zero-order valence-corrected chi connectivity index (χ0v) is 12.9. The van der Waals surface area contributed by atoms with Crippen molar-refractivity contribution in [3.05, 3.63) is 48.0 Å². The maximum atomic E-state index is 3.46. The van der Waals surface area contributed by atoms with Crippen molar-refractivity contribution in [2.45, 2.75) is 31.6 Å². The van der Waals surface area contributed by atoms with Crippen molar-refractivity contribution in [2.75, 3.05) is 13.6 Å². The number of hydrogen-bond donors (Lipinski definition) is 1. The van der Waals surface area contributed by atoms with Gasteiger partial charge in [-0.25, -0.2) is 0 Å². The summed E-state index contributed by atoms with van der Waals surface area (Å²) in [6.07, 6.45) is 5.81. The highest BCUT2D eigenvalue weighted by atomic mass is 14.8. The molecule has 1 nitrogen and oxygen atoms in total. The van der Waals surface area contributed by atoms with Crippen LogP contribution >= 0.6 is 0 Å². The molecule has 2 bridgehead atoms. The van der Waals surface area contributed by atoms with Crippen LogP contribution in [0.1, 0.15) is 37.2 Å². The van der Waals surface area contributed by atoms with Gasteiger partial charge in [-0.15, -0.1) is 0 Å². The van der Waals surface area contributed by atoms with E-state index in [1.807, 2.05) is 0 Å². The van der Waals surface area contributed by atoms with Crippen molar-refractivity contribution < 1.29 is 0 Å². The first-order valence-corrected chi connectivity index (χ1v) is 8.50. The molecule has 2 aromatic carbocycles. The Balaban J connectivity index is 1.74. The first kappa shape index (κ1) is 13.3. The molecule has 0 heterocycles. The third-order valence-corrected chi connectivity index (χ3v) is 5.99. The molecule has 1 N–H and O–H groups in total. The normalized spacial score (nSPS) is 31.7. The van der Waals surface area contributed by atoms with Crippen LogP contribution in [0.3, 0.4) is 0 Å². The van der Waals surface area contributed by atoms with E-state index < -0.39 is 0 Å². The van der Waals surface area contributed by atoms with E-state index in [4.69, 9.17) is 0 Å². The monoisotopic (exact) mass is 279 g/mol. The van der Waals surface area contributed by atoms with Gasteiger partial charge >= 0.3 is 0 Å². The summed E-state index contributed by atoms with van der Waals surface area (Å²) in [6.45, 7) is 1.18. The quantitative estimate of drug-likeness (QED) is 0.867. The molecule has 0 aromatic heterocycles. The van der Waals surface area contributed by atoms with E-state index in [1.54, 1.807) is 5.56 Å². The van der Waals surface area contributed by atoms with Crippen LogP contribution in [0.15, 0.2) is 42.5 Å². The standard InChI is InChI=1S/C20H25N/c1-21-13-19-15-7-9-16(10-8-15)20(19)18-11-6-14-4-2-3-5-17(14)12-18/h2-6,11-12,15-16,19-21H,7-10,13H2,1H3/t15?,16?,19-,20-/m0/s1. The van der Waals surface area contributed by atoms with E-state index >= 15 is 0 Å². The van der Waals surface area contributed by atoms with Gasteiger partial charge in [-0.2, -0.15) is 0 Å². The summed E-state index contributed by atoms with van der Waals surface area (Å²) in [6, 6.07) is 16.0. The van der Waals surface area contributed by atoms with Crippen LogP contribution in [-0.2, 0) is 0 Å². The lowest BCUT2D eigenvalue weighted by Gasteiger charge is -2.49. The largest absolute Gasteiger partial charge is 0.319 e. The molecule has 0 amide bonds. The molecule has 3 aliphatic carbocycles. The lowest BCUT2D eigenvalue weighted by molar-refractivity contribution is 0.0688. The SMILES string of the molecule is CNC[C@H]1C2CCC(CC2)[C@H]1c1ccc2ccccc2c1. The van der Waals surface area contributed by atoms with Crippen LogP contribution < -0.4 is 5.32 Å². The molecular formula is C20H25N. The Morgan fingerprint density at radius 2 is 1.62 bits per heavy atom. The maximum Gasteiger partial charge on any atom is -0.00149 e. The zero-order chi connectivity index (χ0) is 14.2. The molecule has 1 heteroatoms. The van der Waals surface area contributed by atoms with Gasteiger partial charge in [0.15, 0.2) is 0 Å². The van der Waals surface area contributed by atoms with Gasteiger partial charge in [0.05, 0.1) is 0 Å². The Morgan fingerprint density at radius 1 is 0.905 bits per heavy atom. The van der Waals surface area contributed by atoms with Crippen molar-refractivity contribution in [3.8, 4) is 0 Å². The summed E-state index contributed by atoms with van der Waals surface area (Å²) in [5, 5.41) is 6.23. The van der Waals surface area contributed by atoms with Gasteiger partial charge in [-0.3, -0.25) is 0 Å². The fourth-order valence-electron chi connectivity index (χ4n) is 5.04. The third-order valence-electron chi connectivity index (χ3n) is 5.99. The Kier molecular flexibility index (Phi) is 3.46. The summed E-state index contributed by atoms with van der Waals surface area (Å²) in [4.78, 5) is 0. The van der Waals surface area contributed by atoms with Gasteiger partial charge in [0, 0.05) is 0 Å². The average molecular weight is 279 g/mol. The molecule has 3 fully saturated rings. The van der Waals surface area contributed by atoms with Crippen molar-refractivity contribution in [3.63, 3.8) is 0 Å². The molecule has 5 rings (SSSR count). The summed E-state index contributed by atoms with van der Waals surface area (Å²) in [5.41, 5.74) is 1.59. The Hall–Kier alpha value is -1.34. The Bertz CT molecular complexity index is 625. The highest BCUT2D eigenvalue weighted by Crippen LogP contribution is 2.53. The van der Waals surface area contributed by atoms with Crippen LogP contribution in [0.25, 0.3) is 10.8 Å². The average Bonchev–Trinajstić information content (AvgIpc) is 2.56. The van der Waals surface area contributed by atoms with Crippen LogP contribution in [0, 0.1) is 17.8 Å². The van der Waals surface area contributed by atoms with E-state index in [2.05, 4.69) is 54.8 Å². The molecule has 0 radical (unpaired) electrons. The van der Waals surface area contributed by atoms with Gasteiger partial charge in [-0.05, 0) is 79.3 Å². The molecule has 0 spiro atoms. The number of fused-ring (bicyclic) bond motifs is 4. The fourth-order valence-corrected chi connectivity index (χ4v) is 5.04. The summed E-state index contributed by atoms with van der Waals surface area (Å²) in [7, 11) is 2.11. The van der Waals surface area contributed by atoms with Crippen LogP contribution in [-0.4, -0.2) is 13.6 Å². The van der Waals surface area contributed by atoms with Crippen molar-refractivity contribution in [1.82, 2.24) is 5.32 Å². The predicted octanol–water partition coefficient (Wildman–Crippen LogP) is 4.58. The highest BCUT2D eigenvalue weighted by molar-refractivity contribution is 5.83. The Labute approximate surface area is 127 Å².